The Morgan fingerprint density at radius 1 is 1.19 bits per heavy atom. The number of nitro groups is 1. The van der Waals surface area contributed by atoms with Crippen LogP contribution in [-0.4, -0.2) is 73.5 Å². The summed E-state index contributed by atoms with van der Waals surface area (Å²) in [4.78, 5) is 21.8. The Bertz CT molecular complexity index is 624. The molecule has 144 valence electrons. The molecular weight excluding hydrogens is 370 g/mol. The minimum absolute atomic E-state index is 0.0450. The van der Waals surface area contributed by atoms with Crippen LogP contribution in [0.5, 0.6) is 5.75 Å². The third-order valence-corrected chi connectivity index (χ3v) is 4.87. The van der Waals surface area contributed by atoms with Gasteiger partial charge in [0.15, 0.2) is 0 Å². The van der Waals surface area contributed by atoms with Crippen LogP contribution < -0.4 is 4.74 Å². The number of nitrogens with zero attached hydrogens (tertiary/aromatic N) is 1. The standard InChI is InChI=1S/C15H19NO9S/c17-7-10-12(19)13(20)14(21)15(25-10)26-6-5-11(18)24-9-3-1-8(2-4-9)16(22)23/h1-4,10,12-15,17,19-21H,5-7H2/t10-,12+,13+,14-,15+/m1/s1. The Morgan fingerprint density at radius 3 is 2.42 bits per heavy atom. The van der Waals surface area contributed by atoms with Crippen molar-refractivity contribution < 1.29 is 39.6 Å². The highest BCUT2D eigenvalue weighted by atomic mass is 32.2. The fourth-order valence-corrected chi connectivity index (χ4v) is 3.38. The molecule has 0 radical (unpaired) electrons. The van der Waals surface area contributed by atoms with E-state index in [9.17, 15) is 30.2 Å². The highest BCUT2D eigenvalue weighted by molar-refractivity contribution is 7.99. The van der Waals surface area contributed by atoms with Crippen molar-refractivity contribution in [3.05, 3.63) is 34.4 Å². The number of benzene rings is 1. The summed E-state index contributed by atoms with van der Waals surface area (Å²) < 4.78 is 10.3. The molecule has 0 amide bonds. The van der Waals surface area contributed by atoms with Gasteiger partial charge in [0.05, 0.1) is 18.0 Å². The molecule has 0 aromatic heterocycles. The zero-order valence-electron chi connectivity index (χ0n) is 13.5. The van der Waals surface area contributed by atoms with E-state index in [1.807, 2.05) is 0 Å². The summed E-state index contributed by atoms with van der Waals surface area (Å²) in [5.74, 6) is -0.233. The monoisotopic (exact) mass is 389 g/mol. The zero-order chi connectivity index (χ0) is 19.3. The second kappa shape index (κ2) is 9.26. The SMILES string of the molecule is O=C(CCS[C@@H]1O[C@H](CO)[C@H](O)[C@H](O)[C@H]1O)Oc1ccc([N+](=O)[O-])cc1. The van der Waals surface area contributed by atoms with E-state index in [2.05, 4.69) is 0 Å². The van der Waals surface area contributed by atoms with E-state index >= 15 is 0 Å². The van der Waals surface area contributed by atoms with E-state index in [1.165, 1.54) is 24.3 Å². The van der Waals surface area contributed by atoms with E-state index in [0.29, 0.717) is 0 Å². The lowest BCUT2D eigenvalue weighted by Gasteiger charge is -2.39. The first kappa shape index (κ1) is 20.6. The predicted octanol–water partition coefficient (Wildman–Crippen LogP) is -0.577. The molecule has 0 bridgehead atoms. The molecule has 4 N–H and O–H groups in total. The van der Waals surface area contributed by atoms with Gasteiger partial charge in [0.1, 0.15) is 35.6 Å². The van der Waals surface area contributed by atoms with Crippen LogP contribution in [0, 0.1) is 10.1 Å². The van der Waals surface area contributed by atoms with Crippen LogP contribution in [0.2, 0.25) is 0 Å². The van der Waals surface area contributed by atoms with Crippen LogP contribution in [0.25, 0.3) is 0 Å². The quantitative estimate of drug-likeness (QED) is 0.206. The van der Waals surface area contributed by atoms with E-state index in [1.54, 1.807) is 0 Å². The van der Waals surface area contributed by atoms with Gasteiger partial charge < -0.3 is 29.9 Å². The maximum absolute atomic E-state index is 11.8. The Hall–Kier alpha value is -1.76. The van der Waals surface area contributed by atoms with Crippen molar-refractivity contribution in [3.63, 3.8) is 0 Å². The number of esters is 1. The lowest BCUT2D eigenvalue weighted by Crippen LogP contribution is -2.57. The van der Waals surface area contributed by atoms with Gasteiger partial charge in [-0.15, -0.1) is 11.8 Å². The van der Waals surface area contributed by atoms with E-state index in [4.69, 9.17) is 14.6 Å². The molecule has 1 heterocycles. The maximum atomic E-state index is 11.8. The number of nitro benzene ring substituents is 1. The number of hydrogen-bond acceptors (Lipinski definition) is 10. The molecule has 2 rings (SSSR count). The first-order chi connectivity index (χ1) is 12.3. The first-order valence-corrected chi connectivity index (χ1v) is 8.75. The maximum Gasteiger partial charge on any atom is 0.312 e. The smallest absolute Gasteiger partial charge is 0.312 e. The zero-order valence-corrected chi connectivity index (χ0v) is 14.3. The molecule has 5 atom stereocenters. The van der Waals surface area contributed by atoms with Crippen LogP contribution >= 0.6 is 11.8 Å². The number of ether oxygens (including phenoxy) is 2. The Kier molecular flexibility index (Phi) is 7.32. The number of aliphatic hydroxyl groups excluding tert-OH is 4. The van der Waals surface area contributed by atoms with Gasteiger partial charge in [0.25, 0.3) is 5.69 Å². The molecule has 0 aliphatic carbocycles. The average molecular weight is 389 g/mol. The third-order valence-electron chi connectivity index (χ3n) is 3.72. The largest absolute Gasteiger partial charge is 0.426 e. The van der Waals surface area contributed by atoms with Gasteiger partial charge >= 0.3 is 5.97 Å². The topological polar surface area (TPSA) is 160 Å². The van der Waals surface area contributed by atoms with E-state index < -0.39 is 47.4 Å². The summed E-state index contributed by atoms with van der Waals surface area (Å²) in [6, 6.07) is 5.04. The Labute approximate surface area is 152 Å². The third kappa shape index (κ3) is 5.13. The van der Waals surface area contributed by atoms with Crippen LogP contribution in [-0.2, 0) is 9.53 Å². The molecule has 0 unspecified atom stereocenters. The lowest BCUT2D eigenvalue weighted by molar-refractivity contribution is -0.384. The van der Waals surface area contributed by atoms with Crippen molar-refractivity contribution in [2.24, 2.45) is 0 Å². The minimum atomic E-state index is -1.47. The van der Waals surface area contributed by atoms with Crippen LogP contribution in [0.1, 0.15) is 6.42 Å². The van der Waals surface area contributed by atoms with Gasteiger partial charge in [0, 0.05) is 17.9 Å². The van der Waals surface area contributed by atoms with Gasteiger partial charge in [-0.05, 0) is 12.1 Å². The first-order valence-electron chi connectivity index (χ1n) is 7.70. The van der Waals surface area contributed by atoms with E-state index in [0.717, 1.165) is 11.8 Å². The summed E-state index contributed by atoms with van der Waals surface area (Å²) >= 11 is 1.03. The van der Waals surface area contributed by atoms with Crippen molar-refractivity contribution in [2.45, 2.75) is 36.3 Å². The van der Waals surface area contributed by atoms with Crippen molar-refractivity contribution in [3.8, 4) is 5.75 Å². The average Bonchev–Trinajstić information content (AvgIpc) is 2.62. The molecule has 1 aliphatic rings. The summed E-state index contributed by atoms with van der Waals surface area (Å²) in [6.07, 6.45) is -5.32. The molecule has 0 spiro atoms. The number of thioether (sulfide) groups is 1. The number of hydrogen-bond donors (Lipinski definition) is 4. The summed E-state index contributed by atoms with van der Waals surface area (Å²) in [5.41, 5.74) is -1.04. The number of rotatable bonds is 7. The highest BCUT2D eigenvalue weighted by Crippen LogP contribution is 2.29. The molecular formula is C15H19NO9S. The highest BCUT2D eigenvalue weighted by Gasteiger charge is 2.43. The fraction of sp³-hybridized carbons (Fsp3) is 0.533. The van der Waals surface area contributed by atoms with Gasteiger partial charge in [0.2, 0.25) is 0 Å². The molecule has 1 fully saturated rings. The molecule has 26 heavy (non-hydrogen) atoms. The second-order valence-electron chi connectivity index (χ2n) is 5.54. The molecule has 1 aromatic rings. The van der Waals surface area contributed by atoms with Crippen molar-refractivity contribution in [1.82, 2.24) is 0 Å². The summed E-state index contributed by atoms with van der Waals surface area (Å²) in [7, 11) is 0. The van der Waals surface area contributed by atoms with Crippen molar-refractivity contribution in [1.29, 1.82) is 0 Å². The number of non-ortho nitro benzene ring substituents is 1. The molecule has 1 saturated heterocycles. The number of carbonyl (C=O) groups is 1. The van der Waals surface area contributed by atoms with Gasteiger partial charge in [-0.25, -0.2) is 0 Å². The molecule has 1 aliphatic heterocycles. The van der Waals surface area contributed by atoms with E-state index in [-0.39, 0.29) is 23.6 Å². The van der Waals surface area contributed by atoms with Crippen molar-refractivity contribution in [2.75, 3.05) is 12.4 Å². The minimum Gasteiger partial charge on any atom is -0.426 e. The predicted molar refractivity (Wildman–Crippen MR) is 89.6 cm³/mol. The summed E-state index contributed by atoms with van der Waals surface area (Å²) in [6.45, 7) is -0.524. The molecule has 11 heteroatoms. The van der Waals surface area contributed by atoms with Crippen LogP contribution in [0.3, 0.4) is 0 Å². The molecule has 0 saturated carbocycles. The molecule has 10 nitrogen and oxygen atoms in total. The van der Waals surface area contributed by atoms with Crippen LogP contribution in [0.15, 0.2) is 24.3 Å². The summed E-state index contributed by atoms with van der Waals surface area (Å²) in [5, 5.41) is 48.9. The van der Waals surface area contributed by atoms with Gasteiger partial charge in [-0.2, -0.15) is 0 Å². The van der Waals surface area contributed by atoms with Crippen LogP contribution in [0.4, 0.5) is 5.69 Å². The Balaban J connectivity index is 1.79. The molecule has 1 aromatic carbocycles. The normalized spacial score (nSPS) is 28.5. The Morgan fingerprint density at radius 2 is 1.85 bits per heavy atom. The number of carbonyl (C=O) groups excluding carboxylic acids is 1. The van der Waals surface area contributed by atoms with Gasteiger partial charge in [-0.3, -0.25) is 14.9 Å². The fourth-order valence-electron chi connectivity index (χ4n) is 2.28. The van der Waals surface area contributed by atoms with Crippen molar-refractivity contribution >= 4 is 23.4 Å². The lowest BCUT2D eigenvalue weighted by atomic mass is 10.0. The second-order valence-corrected chi connectivity index (χ2v) is 6.75. The number of aliphatic hydroxyl groups is 4. The van der Waals surface area contributed by atoms with Gasteiger partial charge in [-0.1, -0.05) is 0 Å².